The number of anilines is 2. The first-order chi connectivity index (χ1) is 15.8. The van der Waals surface area contributed by atoms with E-state index in [1.165, 1.54) is 12.1 Å². The molecule has 0 atom stereocenters. The third kappa shape index (κ3) is 5.79. The number of halogens is 4. The van der Waals surface area contributed by atoms with E-state index in [4.69, 9.17) is 21.1 Å². The van der Waals surface area contributed by atoms with E-state index in [2.05, 4.69) is 15.3 Å². The Morgan fingerprint density at radius 3 is 2.42 bits per heavy atom. The highest BCUT2D eigenvalue weighted by Gasteiger charge is 2.30. The smallest absolute Gasteiger partial charge is 0.416 e. The molecule has 0 spiro atoms. The highest BCUT2D eigenvalue weighted by molar-refractivity contribution is 6.33. The maximum Gasteiger partial charge on any atom is 0.416 e. The first-order valence-electron chi connectivity index (χ1n) is 10.5. The van der Waals surface area contributed by atoms with Gasteiger partial charge in [-0.2, -0.15) is 18.3 Å². The van der Waals surface area contributed by atoms with Crippen molar-refractivity contribution in [2.75, 3.05) is 44.8 Å². The molecule has 3 aromatic rings. The van der Waals surface area contributed by atoms with Crippen molar-refractivity contribution in [1.82, 2.24) is 14.7 Å². The van der Waals surface area contributed by atoms with Gasteiger partial charge in [0.15, 0.2) is 0 Å². The Kier molecular flexibility index (Phi) is 7.11. The number of hydrogen-bond acceptors (Lipinski definition) is 5. The van der Waals surface area contributed by atoms with Gasteiger partial charge in [0, 0.05) is 43.6 Å². The molecule has 10 heteroatoms. The van der Waals surface area contributed by atoms with E-state index in [1.54, 1.807) is 17.9 Å². The van der Waals surface area contributed by atoms with Crippen molar-refractivity contribution in [3.8, 4) is 17.0 Å². The van der Waals surface area contributed by atoms with Crippen LogP contribution in [0.25, 0.3) is 11.3 Å². The van der Waals surface area contributed by atoms with Crippen molar-refractivity contribution in [3.05, 3.63) is 59.2 Å². The van der Waals surface area contributed by atoms with Crippen LogP contribution in [0.4, 0.5) is 24.5 Å². The summed E-state index contributed by atoms with van der Waals surface area (Å²) >= 11 is 6.39. The molecule has 33 heavy (non-hydrogen) atoms. The normalized spacial score (nSPS) is 14.9. The molecule has 0 amide bonds. The summed E-state index contributed by atoms with van der Waals surface area (Å²) < 4.78 is 51.6. The number of morpholine rings is 1. The second kappa shape index (κ2) is 10.0. The number of rotatable bonds is 7. The van der Waals surface area contributed by atoms with E-state index < -0.39 is 11.7 Å². The number of aromatic nitrogens is 2. The van der Waals surface area contributed by atoms with Crippen molar-refractivity contribution < 1.29 is 22.6 Å². The number of aryl methyl sites for hydroxylation is 1. The molecule has 1 aromatic heterocycles. The maximum atomic E-state index is 12.8. The summed E-state index contributed by atoms with van der Waals surface area (Å²) in [5.41, 5.74) is 1.95. The molecule has 0 radical (unpaired) electrons. The second-order valence-electron chi connectivity index (χ2n) is 7.68. The molecule has 1 fully saturated rings. The molecule has 1 aliphatic heterocycles. The lowest BCUT2D eigenvalue weighted by Gasteiger charge is -2.26. The van der Waals surface area contributed by atoms with Gasteiger partial charge in [0.05, 0.1) is 35.7 Å². The van der Waals surface area contributed by atoms with Crippen LogP contribution < -0.4 is 10.1 Å². The fourth-order valence-corrected chi connectivity index (χ4v) is 3.92. The Hall–Kier alpha value is -2.75. The summed E-state index contributed by atoms with van der Waals surface area (Å²) in [5.74, 6) is 0.645. The third-order valence-corrected chi connectivity index (χ3v) is 5.68. The predicted molar refractivity (Wildman–Crippen MR) is 121 cm³/mol. The lowest BCUT2D eigenvalue weighted by atomic mass is 10.1. The number of alkyl halides is 3. The van der Waals surface area contributed by atoms with Gasteiger partial charge in [0.2, 0.25) is 0 Å². The van der Waals surface area contributed by atoms with Gasteiger partial charge in [-0.1, -0.05) is 11.6 Å². The minimum atomic E-state index is -4.37. The van der Waals surface area contributed by atoms with Gasteiger partial charge in [-0.05, 0) is 42.5 Å². The van der Waals surface area contributed by atoms with Gasteiger partial charge in [0.25, 0.3) is 0 Å². The molecule has 2 heterocycles. The van der Waals surface area contributed by atoms with Crippen LogP contribution in [0.5, 0.6) is 5.75 Å². The van der Waals surface area contributed by atoms with E-state index in [9.17, 15) is 13.2 Å². The molecule has 4 rings (SSSR count). The topological polar surface area (TPSA) is 51.5 Å². The molecule has 176 valence electrons. The molecular formula is C23H24ClF3N4O2. The minimum absolute atomic E-state index is 0.474. The molecule has 0 bridgehead atoms. The third-order valence-electron chi connectivity index (χ3n) is 5.40. The molecule has 0 saturated carbocycles. The van der Waals surface area contributed by atoms with Crippen molar-refractivity contribution in [1.29, 1.82) is 0 Å². The Labute approximate surface area is 194 Å². The Morgan fingerprint density at radius 1 is 1.09 bits per heavy atom. The average molecular weight is 481 g/mol. The number of hydrogen-bond donors (Lipinski definition) is 1. The maximum absolute atomic E-state index is 12.8. The quantitative estimate of drug-likeness (QED) is 0.503. The number of ether oxygens (including phenoxy) is 2. The van der Waals surface area contributed by atoms with Gasteiger partial charge in [-0.25, -0.2) is 0 Å². The average Bonchev–Trinajstić information content (AvgIpc) is 3.13. The van der Waals surface area contributed by atoms with Crippen LogP contribution in [0.15, 0.2) is 48.7 Å². The fourth-order valence-electron chi connectivity index (χ4n) is 3.65. The van der Waals surface area contributed by atoms with Crippen LogP contribution in [-0.4, -0.2) is 54.1 Å². The summed E-state index contributed by atoms with van der Waals surface area (Å²) in [7, 11) is 1.79. The molecule has 0 unspecified atom stereocenters. The predicted octanol–water partition coefficient (Wildman–Crippen LogP) is 5.21. The zero-order chi connectivity index (χ0) is 23.4. The minimum Gasteiger partial charge on any atom is -0.492 e. The van der Waals surface area contributed by atoms with Gasteiger partial charge < -0.3 is 14.8 Å². The van der Waals surface area contributed by atoms with Gasteiger partial charge >= 0.3 is 6.18 Å². The summed E-state index contributed by atoms with van der Waals surface area (Å²) in [6.45, 7) is 4.46. The molecular weight excluding hydrogens is 457 g/mol. The first kappa shape index (κ1) is 23.4. The molecule has 6 nitrogen and oxygen atoms in total. The van der Waals surface area contributed by atoms with E-state index in [-0.39, 0.29) is 0 Å². The zero-order valence-corrected chi connectivity index (χ0v) is 18.8. The van der Waals surface area contributed by atoms with Gasteiger partial charge in [-0.3, -0.25) is 9.58 Å². The number of nitrogens with zero attached hydrogens (tertiary/aromatic N) is 3. The van der Waals surface area contributed by atoms with Crippen LogP contribution in [0, 0.1) is 0 Å². The summed E-state index contributed by atoms with van der Waals surface area (Å²) in [5, 5.41) is 7.83. The highest BCUT2D eigenvalue weighted by Crippen LogP contribution is 2.37. The van der Waals surface area contributed by atoms with E-state index >= 15 is 0 Å². The van der Waals surface area contributed by atoms with E-state index in [0.29, 0.717) is 34.4 Å². The van der Waals surface area contributed by atoms with Crippen molar-refractivity contribution >= 4 is 23.0 Å². The van der Waals surface area contributed by atoms with Crippen molar-refractivity contribution in [2.24, 2.45) is 7.05 Å². The van der Waals surface area contributed by atoms with Crippen LogP contribution >= 0.6 is 11.6 Å². The zero-order valence-electron chi connectivity index (χ0n) is 18.0. The van der Waals surface area contributed by atoms with Gasteiger partial charge in [-0.15, -0.1) is 0 Å². The van der Waals surface area contributed by atoms with Crippen molar-refractivity contribution in [2.45, 2.75) is 6.18 Å². The highest BCUT2D eigenvalue weighted by atomic mass is 35.5. The van der Waals surface area contributed by atoms with E-state index in [1.807, 2.05) is 18.2 Å². The Bertz CT molecular complexity index is 1060. The first-order valence-corrected chi connectivity index (χ1v) is 10.9. The van der Waals surface area contributed by atoms with E-state index in [0.717, 1.165) is 50.5 Å². The Balaban J connectivity index is 1.55. The number of nitrogens with one attached hydrogen (secondary N) is 1. The standard InChI is InChI=1S/C23H24ClF3N4O2/c1-30-22(20(24)15-28-30)19-14-18(29-17-4-2-16(3-5-17)23(25,26)27)6-7-21(19)33-13-10-31-8-11-32-12-9-31/h2-7,14-15,29H,8-13H2,1H3. The summed E-state index contributed by atoms with van der Waals surface area (Å²) in [6, 6.07) is 10.4. The Morgan fingerprint density at radius 2 is 1.79 bits per heavy atom. The lowest BCUT2D eigenvalue weighted by Crippen LogP contribution is -2.38. The molecule has 1 aliphatic rings. The summed E-state index contributed by atoms with van der Waals surface area (Å²) in [6.07, 6.45) is -2.81. The SMILES string of the molecule is Cn1ncc(Cl)c1-c1cc(Nc2ccc(C(F)(F)F)cc2)ccc1OCCN1CCOCC1. The van der Waals surface area contributed by atoms with Gasteiger partial charge in [0.1, 0.15) is 12.4 Å². The van der Waals surface area contributed by atoms with Crippen LogP contribution in [0.1, 0.15) is 5.56 Å². The lowest BCUT2D eigenvalue weighted by molar-refractivity contribution is -0.137. The largest absolute Gasteiger partial charge is 0.492 e. The summed E-state index contributed by atoms with van der Waals surface area (Å²) in [4.78, 5) is 2.28. The second-order valence-corrected chi connectivity index (χ2v) is 8.09. The van der Waals surface area contributed by atoms with Crippen molar-refractivity contribution in [3.63, 3.8) is 0 Å². The molecule has 1 N–H and O–H groups in total. The molecule has 1 saturated heterocycles. The van der Waals surface area contributed by atoms with Crippen LogP contribution in [0.2, 0.25) is 5.02 Å². The molecule has 0 aliphatic carbocycles. The molecule has 2 aromatic carbocycles. The monoisotopic (exact) mass is 480 g/mol. The van der Waals surface area contributed by atoms with Crippen LogP contribution in [0.3, 0.4) is 0 Å². The van der Waals surface area contributed by atoms with Crippen LogP contribution in [-0.2, 0) is 18.0 Å². The number of benzene rings is 2. The fraction of sp³-hybridized carbons (Fsp3) is 0.348.